The van der Waals surface area contributed by atoms with Crippen LogP contribution in [0.5, 0.6) is 11.5 Å². The molecule has 1 saturated heterocycles. The molecule has 3 amide bonds. The Morgan fingerprint density at radius 1 is 1.12 bits per heavy atom. The monoisotopic (exact) mass is 435 g/mol. The van der Waals surface area contributed by atoms with Crippen molar-refractivity contribution in [1.82, 2.24) is 5.32 Å². The molecule has 1 atom stereocenters. The SMILES string of the molecule is CCC(=O)N1CCc2cc(N3CC(C(=O)NCc4ccc5c(c4)OCO5)CC3=O)ccc21. The Hall–Kier alpha value is -3.55. The zero-order chi connectivity index (χ0) is 22.2. The van der Waals surface area contributed by atoms with Crippen molar-refractivity contribution in [3.8, 4) is 11.5 Å². The Balaban J connectivity index is 1.22. The summed E-state index contributed by atoms with van der Waals surface area (Å²) in [5.74, 6) is 0.881. The molecule has 0 bridgehead atoms. The van der Waals surface area contributed by atoms with Gasteiger partial charge >= 0.3 is 0 Å². The quantitative estimate of drug-likeness (QED) is 0.779. The van der Waals surface area contributed by atoms with E-state index in [-0.39, 0.29) is 30.9 Å². The van der Waals surface area contributed by atoms with E-state index in [2.05, 4.69) is 5.32 Å². The maximum absolute atomic E-state index is 12.7. The maximum Gasteiger partial charge on any atom is 0.231 e. The molecule has 1 fully saturated rings. The fraction of sp³-hybridized carbons (Fsp3) is 0.375. The molecular weight excluding hydrogens is 410 g/mol. The topological polar surface area (TPSA) is 88.2 Å². The van der Waals surface area contributed by atoms with E-state index >= 15 is 0 Å². The number of carbonyl (C=O) groups excluding carboxylic acids is 3. The molecular formula is C24H25N3O5. The lowest BCUT2D eigenvalue weighted by Crippen LogP contribution is -2.32. The molecule has 2 aromatic rings. The smallest absolute Gasteiger partial charge is 0.231 e. The Labute approximate surface area is 186 Å². The molecule has 3 aliphatic heterocycles. The summed E-state index contributed by atoms with van der Waals surface area (Å²) in [4.78, 5) is 41.0. The van der Waals surface area contributed by atoms with E-state index in [1.807, 2.05) is 43.3 Å². The average Bonchev–Trinajstić information content (AvgIpc) is 3.54. The number of ether oxygens (including phenoxy) is 2. The molecule has 1 unspecified atom stereocenters. The second-order valence-corrected chi connectivity index (χ2v) is 8.27. The number of anilines is 2. The largest absolute Gasteiger partial charge is 0.454 e. The summed E-state index contributed by atoms with van der Waals surface area (Å²) in [5, 5.41) is 2.93. The van der Waals surface area contributed by atoms with Gasteiger partial charge in [0.1, 0.15) is 0 Å². The second-order valence-electron chi connectivity index (χ2n) is 8.27. The normalized spacial score (nSPS) is 18.8. The van der Waals surface area contributed by atoms with E-state index in [0.29, 0.717) is 37.6 Å². The van der Waals surface area contributed by atoms with E-state index in [0.717, 1.165) is 28.9 Å². The van der Waals surface area contributed by atoms with Crippen LogP contribution in [0.2, 0.25) is 0 Å². The lowest BCUT2D eigenvalue weighted by molar-refractivity contribution is -0.126. The number of rotatable bonds is 5. The van der Waals surface area contributed by atoms with Crippen molar-refractivity contribution in [2.45, 2.75) is 32.7 Å². The van der Waals surface area contributed by atoms with E-state index < -0.39 is 5.92 Å². The highest BCUT2D eigenvalue weighted by molar-refractivity contribution is 6.01. The summed E-state index contributed by atoms with van der Waals surface area (Å²) in [6.45, 7) is 3.45. The lowest BCUT2D eigenvalue weighted by Gasteiger charge is -2.20. The van der Waals surface area contributed by atoms with Crippen LogP contribution in [0.4, 0.5) is 11.4 Å². The molecule has 2 aromatic carbocycles. The van der Waals surface area contributed by atoms with Crippen LogP contribution in [-0.4, -0.2) is 37.6 Å². The molecule has 1 N–H and O–H groups in total. The molecule has 0 spiro atoms. The zero-order valence-corrected chi connectivity index (χ0v) is 17.9. The molecule has 0 radical (unpaired) electrons. The third-order valence-electron chi connectivity index (χ3n) is 6.27. The summed E-state index contributed by atoms with van der Waals surface area (Å²) < 4.78 is 10.7. The number of nitrogens with zero attached hydrogens (tertiary/aromatic N) is 2. The summed E-state index contributed by atoms with van der Waals surface area (Å²) in [6, 6.07) is 11.3. The third-order valence-corrected chi connectivity index (χ3v) is 6.27. The van der Waals surface area contributed by atoms with Crippen LogP contribution in [0.1, 0.15) is 30.9 Å². The van der Waals surface area contributed by atoms with Crippen molar-refractivity contribution in [3.63, 3.8) is 0 Å². The minimum absolute atomic E-state index is 0.0623. The Bertz CT molecular complexity index is 1100. The van der Waals surface area contributed by atoms with Crippen molar-refractivity contribution >= 4 is 29.1 Å². The van der Waals surface area contributed by atoms with Gasteiger partial charge in [-0.25, -0.2) is 0 Å². The van der Waals surface area contributed by atoms with Gasteiger partial charge in [-0.3, -0.25) is 14.4 Å². The van der Waals surface area contributed by atoms with E-state index in [1.165, 1.54) is 0 Å². The number of nitrogens with one attached hydrogen (secondary N) is 1. The van der Waals surface area contributed by atoms with E-state index in [4.69, 9.17) is 9.47 Å². The maximum atomic E-state index is 12.7. The van der Waals surface area contributed by atoms with Crippen LogP contribution in [0, 0.1) is 5.92 Å². The highest BCUT2D eigenvalue weighted by atomic mass is 16.7. The second kappa shape index (κ2) is 8.18. The highest BCUT2D eigenvalue weighted by Gasteiger charge is 2.36. The van der Waals surface area contributed by atoms with Crippen LogP contribution < -0.4 is 24.6 Å². The van der Waals surface area contributed by atoms with Crippen molar-refractivity contribution < 1.29 is 23.9 Å². The summed E-state index contributed by atoms with van der Waals surface area (Å²) in [5.41, 5.74) is 3.68. The first-order valence-electron chi connectivity index (χ1n) is 10.9. The Kier molecular flexibility index (Phi) is 5.20. The number of hydrogen-bond donors (Lipinski definition) is 1. The zero-order valence-electron chi connectivity index (χ0n) is 17.9. The molecule has 5 rings (SSSR count). The molecule has 3 heterocycles. The van der Waals surface area contributed by atoms with E-state index in [9.17, 15) is 14.4 Å². The van der Waals surface area contributed by atoms with Gasteiger partial charge < -0.3 is 24.6 Å². The number of amides is 3. The summed E-state index contributed by atoms with van der Waals surface area (Å²) in [6.07, 6.45) is 1.43. The lowest BCUT2D eigenvalue weighted by atomic mass is 10.1. The number of fused-ring (bicyclic) bond motifs is 2. The van der Waals surface area contributed by atoms with Crippen LogP contribution >= 0.6 is 0 Å². The molecule has 3 aliphatic rings. The first-order chi connectivity index (χ1) is 15.5. The molecule has 8 heteroatoms. The van der Waals surface area contributed by atoms with Gasteiger partial charge in [0.05, 0.1) is 5.92 Å². The minimum atomic E-state index is -0.400. The first-order valence-corrected chi connectivity index (χ1v) is 10.9. The van der Waals surface area contributed by atoms with Crippen molar-refractivity contribution in [2.24, 2.45) is 5.92 Å². The number of benzene rings is 2. The van der Waals surface area contributed by atoms with Crippen molar-refractivity contribution in [1.29, 1.82) is 0 Å². The molecule has 0 aromatic heterocycles. The Morgan fingerprint density at radius 2 is 1.97 bits per heavy atom. The van der Waals surface area contributed by atoms with Crippen molar-refractivity contribution in [3.05, 3.63) is 47.5 Å². The highest BCUT2D eigenvalue weighted by Crippen LogP contribution is 2.35. The molecule has 0 saturated carbocycles. The number of hydrogen-bond acceptors (Lipinski definition) is 5. The first kappa shape index (κ1) is 20.4. The predicted octanol–water partition coefficient (Wildman–Crippen LogP) is 2.38. The molecule has 0 aliphatic carbocycles. The Morgan fingerprint density at radius 3 is 2.81 bits per heavy atom. The van der Waals surface area contributed by atoms with Crippen LogP contribution in [0.15, 0.2) is 36.4 Å². The van der Waals surface area contributed by atoms with Gasteiger partial charge in [-0.15, -0.1) is 0 Å². The molecule has 166 valence electrons. The predicted molar refractivity (Wildman–Crippen MR) is 118 cm³/mol. The van der Waals surface area contributed by atoms with Gasteiger partial charge in [0, 0.05) is 43.9 Å². The van der Waals surface area contributed by atoms with Gasteiger partial charge in [-0.2, -0.15) is 0 Å². The van der Waals surface area contributed by atoms with Crippen LogP contribution in [0.25, 0.3) is 0 Å². The van der Waals surface area contributed by atoms with Gasteiger partial charge in [-0.05, 0) is 47.9 Å². The third kappa shape index (κ3) is 3.66. The summed E-state index contributed by atoms with van der Waals surface area (Å²) >= 11 is 0. The van der Waals surface area contributed by atoms with Gasteiger partial charge in [0.25, 0.3) is 0 Å². The standard InChI is InChI=1S/C24H25N3O5/c1-2-22(28)26-8-7-16-10-18(4-5-19(16)26)27-13-17(11-23(27)29)24(30)25-12-15-3-6-20-21(9-15)32-14-31-20/h3-6,9-10,17H,2,7-8,11-14H2,1H3,(H,25,30). The van der Waals surface area contributed by atoms with E-state index in [1.54, 1.807) is 9.80 Å². The minimum Gasteiger partial charge on any atom is -0.454 e. The van der Waals surface area contributed by atoms with Crippen LogP contribution in [-0.2, 0) is 27.3 Å². The van der Waals surface area contributed by atoms with Gasteiger partial charge in [-0.1, -0.05) is 13.0 Å². The van der Waals surface area contributed by atoms with Gasteiger partial charge in [0.2, 0.25) is 24.5 Å². The number of carbonyl (C=O) groups is 3. The van der Waals surface area contributed by atoms with Gasteiger partial charge in [0.15, 0.2) is 11.5 Å². The fourth-order valence-corrected chi connectivity index (χ4v) is 4.52. The van der Waals surface area contributed by atoms with Crippen LogP contribution in [0.3, 0.4) is 0 Å². The fourth-order valence-electron chi connectivity index (χ4n) is 4.52. The average molecular weight is 435 g/mol. The molecule has 32 heavy (non-hydrogen) atoms. The summed E-state index contributed by atoms with van der Waals surface area (Å²) in [7, 11) is 0. The van der Waals surface area contributed by atoms with Crippen molar-refractivity contribution in [2.75, 3.05) is 29.7 Å². The molecule has 8 nitrogen and oxygen atoms in total.